The summed E-state index contributed by atoms with van der Waals surface area (Å²) in [6, 6.07) is 3.31. The van der Waals surface area contributed by atoms with Crippen LogP contribution in [0.3, 0.4) is 0 Å². The maximum atomic E-state index is 10.3. The standard InChI is InChI=1S/C7H4O2Se2/c8-3-4-1-5(10)2-6(11)7(4)9/h1-3,9H. The van der Waals surface area contributed by atoms with E-state index in [1.807, 2.05) is 0 Å². The van der Waals surface area contributed by atoms with Crippen molar-refractivity contribution in [1.82, 2.24) is 0 Å². The third-order valence-corrected chi connectivity index (χ3v) is 2.35. The Labute approximate surface area is 80.6 Å². The number of hydrogen-bond acceptors (Lipinski definition) is 2. The van der Waals surface area contributed by atoms with Crippen LogP contribution in [0, 0.1) is 0 Å². The van der Waals surface area contributed by atoms with Gasteiger partial charge in [0.05, 0.1) is 0 Å². The van der Waals surface area contributed by atoms with Crippen LogP contribution in [0.2, 0.25) is 0 Å². The molecule has 0 fully saturated rings. The normalized spacial score (nSPS) is 9.45. The van der Waals surface area contributed by atoms with Crippen molar-refractivity contribution in [3.05, 3.63) is 17.7 Å². The number of benzene rings is 1. The van der Waals surface area contributed by atoms with Gasteiger partial charge in [0.15, 0.2) is 0 Å². The van der Waals surface area contributed by atoms with Gasteiger partial charge in [-0.3, -0.25) is 0 Å². The van der Waals surface area contributed by atoms with Gasteiger partial charge in [-0.05, 0) is 0 Å². The summed E-state index contributed by atoms with van der Waals surface area (Å²) in [4.78, 5) is 10.3. The molecule has 2 nitrogen and oxygen atoms in total. The van der Waals surface area contributed by atoms with Crippen molar-refractivity contribution in [3.8, 4) is 5.75 Å². The molecule has 0 saturated carbocycles. The summed E-state index contributed by atoms with van der Waals surface area (Å²) in [5.41, 5.74) is 0.301. The third kappa shape index (κ3) is 1.85. The molecular formula is C7H4O2Se2. The van der Waals surface area contributed by atoms with E-state index in [1.165, 1.54) is 0 Å². The fourth-order valence-electron chi connectivity index (χ4n) is 0.693. The number of phenols is 1. The van der Waals surface area contributed by atoms with Gasteiger partial charge in [0.1, 0.15) is 0 Å². The Kier molecular flexibility index (Phi) is 2.74. The summed E-state index contributed by atoms with van der Waals surface area (Å²) in [6.45, 7) is 0. The molecule has 0 unspecified atom stereocenters. The summed E-state index contributed by atoms with van der Waals surface area (Å²) in [5, 5.41) is 9.25. The molecule has 0 aliphatic heterocycles. The molecule has 0 aliphatic rings. The molecule has 4 heteroatoms. The fraction of sp³-hybridized carbons (Fsp3) is 0. The topological polar surface area (TPSA) is 37.3 Å². The number of aromatic hydroxyl groups is 1. The number of hydrogen-bond donors (Lipinski definition) is 1. The Hall–Kier alpha value is -0.271. The number of rotatable bonds is 1. The van der Waals surface area contributed by atoms with Crippen molar-refractivity contribution in [3.63, 3.8) is 0 Å². The van der Waals surface area contributed by atoms with Gasteiger partial charge in [0.2, 0.25) is 0 Å². The van der Waals surface area contributed by atoms with E-state index in [-0.39, 0.29) is 5.75 Å². The van der Waals surface area contributed by atoms with E-state index in [9.17, 15) is 9.90 Å². The van der Waals surface area contributed by atoms with Crippen LogP contribution in [0.25, 0.3) is 0 Å². The minimum atomic E-state index is 0.0130. The Morgan fingerprint density at radius 2 is 2.00 bits per heavy atom. The van der Waals surface area contributed by atoms with Gasteiger partial charge in [-0.1, -0.05) is 0 Å². The quantitative estimate of drug-likeness (QED) is 0.517. The monoisotopic (exact) mass is 280 g/mol. The molecule has 0 bridgehead atoms. The molecule has 1 aromatic rings. The first-order chi connectivity index (χ1) is 5.15. The summed E-state index contributed by atoms with van der Waals surface area (Å²) in [5.74, 6) is 0.0130. The van der Waals surface area contributed by atoms with Crippen LogP contribution in [0.15, 0.2) is 12.1 Å². The van der Waals surface area contributed by atoms with E-state index >= 15 is 0 Å². The van der Waals surface area contributed by atoms with Gasteiger partial charge in [-0.15, -0.1) is 0 Å². The molecule has 0 saturated heterocycles. The van der Waals surface area contributed by atoms with E-state index in [4.69, 9.17) is 0 Å². The second kappa shape index (κ2) is 3.42. The summed E-state index contributed by atoms with van der Waals surface area (Å²) >= 11 is 5.41. The fourth-order valence-corrected chi connectivity index (χ4v) is 2.10. The molecule has 0 aliphatic carbocycles. The second-order valence-corrected chi connectivity index (χ2v) is 3.89. The first kappa shape index (κ1) is 8.82. The SMILES string of the molecule is O=Cc1cc([Se])cc([Se])c1O. The van der Waals surface area contributed by atoms with Gasteiger partial charge in [0.25, 0.3) is 0 Å². The summed E-state index contributed by atoms with van der Waals surface area (Å²) in [6.07, 6.45) is 0.622. The molecule has 1 N–H and O–H groups in total. The molecule has 11 heavy (non-hydrogen) atoms. The Morgan fingerprint density at radius 1 is 1.36 bits per heavy atom. The van der Waals surface area contributed by atoms with Crippen LogP contribution in [0.5, 0.6) is 5.75 Å². The molecular weight excluding hydrogens is 274 g/mol. The predicted molar refractivity (Wildman–Crippen MR) is 44.3 cm³/mol. The number of phenolic OH excluding ortho intramolecular Hbond substituents is 1. The first-order valence-corrected chi connectivity index (χ1v) is 4.52. The summed E-state index contributed by atoms with van der Waals surface area (Å²) in [7, 11) is 0. The average molecular weight is 278 g/mol. The average Bonchev–Trinajstić information content (AvgIpc) is 1.96. The first-order valence-electron chi connectivity index (χ1n) is 2.81. The van der Waals surface area contributed by atoms with Gasteiger partial charge in [-0.25, -0.2) is 0 Å². The molecule has 0 atom stereocenters. The Balaban J connectivity index is 3.35. The predicted octanol–water partition coefficient (Wildman–Crippen LogP) is -1.21. The second-order valence-electron chi connectivity index (χ2n) is 1.98. The number of aldehydes is 1. The van der Waals surface area contributed by atoms with Gasteiger partial charge in [-0.2, -0.15) is 0 Å². The Bertz CT molecular complexity index is 297. The molecule has 56 valence electrons. The van der Waals surface area contributed by atoms with Crippen molar-refractivity contribution < 1.29 is 9.90 Å². The molecule has 0 spiro atoms. The zero-order chi connectivity index (χ0) is 8.43. The maximum absolute atomic E-state index is 10.3. The third-order valence-electron chi connectivity index (χ3n) is 1.20. The van der Waals surface area contributed by atoms with Crippen molar-refractivity contribution in [1.29, 1.82) is 0 Å². The molecule has 0 amide bonds. The molecule has 0 aromatic heterocycles. The van der Waals surface area contributed by atoms with Crippen LogP contribution < -0.4 is 8.92 Å². The van der Waals surface area contributed by atoms with Gasteiger partial charge >= 0.3 is 80.6 Å². The zero-order valence-corrected chi connectivity index (χ0v) is 8.83. The molecule has 2 radical (unpaired) electrons. The van der Waals surface area contributed by atoms with Crippen molar-refractivity contribution in [2.75, 3.05) is 0 Å². The van der Waals surface area contributed by atoms with E-state index in [2.05, 4.69) is 32.0 Å². The van der Waals surface area contributed by atoms with Crippen LogP contribution in [-0.2, 0) is 0 Å². The van der Waals surface area contributed by atoms with Crippen LogP contribution >= 0.6 is 0 Å². The molecule has 1 rings (SSSR count). The Morgan fingerprint density at radius 3 is 2.55 bits per heavy atom. The zero-order valence-electron chi connectivity index (χ0n) is 5.40. The van der Waals surface area contributed by atoms with Crippen LogP contribution in [-0.4, -0.2) is 43.4 Å². The van der Waals surface area contributed by atoms with E-state index < -0.39 is 0 Å². The van der Waals surface area contributed by atoms with E-state index in [1.54, 1.807) is 12.1 Å². The number of carbonyl (C=O) groups excluding carboxylic acids is 1. The van der Waals surface area contributed by atoms with Crippen molar-refractivity contribution in [2.24, 2.45) is 0 Å². The van der Waals surface area contributed by atoms with Crippen LogP contribution in [0.4, 0.5) is 0 Å². The van der Waals surface area contributed by atoms with Gasteiger partial charge in [0, 0.05) is 0 Å². The van der Waals surface area contributed by atoms with Crippen LogP contribution in [0.1, 0.15) is 10.4 Å². The van der Waals surface area contributed by atoms with Crippen molar-refractivity contribution >= 4 is 47.2 Å². The number of carbonyl (C=O) groups is 1. The van der Waals surface area contributed by atoms with E-state index in [0.717, 1.165) is 4.46 Å². The summed E-state index contributed by atoms with van der Waals surface area (Å²) < 4.78 is 1.42. The van der Waals surface area contributed by atoms with E-state index in [0.29, 0.717) is 16.3 Å². The molecule has 0 heterocycles. The minimum absolute atomic E-state index is 0.0130. The molecule has 1 aromatic carbocycles. The van der Waals surface area contributed by atoms with Crippen molar-refractivity contribution in [2.45, 2.75) is 0 Å². The van der Waals surface area contributed by atoms with Gasteiger partial charge < -0.3 is 0 Å².